The van der Waals surface area contributed by atoms with E-state index in [-0.39, 0.29) is 17.1 Å². The molecule has 2 aromatic carbocycles. The van der Waals surface area contributed by atoms with Gasteiger partial charge in [-0.05, 0) is 37.6 Å². The quantitative estimate of drug-likeness (QED) is 0.774. The van der Waals surface area contributed by atoms with Crippen molar-refractivity contribution < 1.29 is 26.7 Å². The van der Waals surface area contributed by atoms with Crippen molar-refractivity contribution in [2.75, 3.05) is 16.2 Å². The van der Waals surface area contributed by atoms with E-state index in [0.717, 1.165) is 10.5 Å². The molecule has 6 nitrogen and oxygen atoms in total. The molecule has 0 saturated carbocycles. The molecule has 1 heterocycles. The normalized spacial score (nSPS) is 16.7. The van der Waals surface area contributed by atoms with Gasteiger partial charge >= 0.3 is 6.09 Å². The lowest BCUT2D eigenvalue weighted by atomic mass is 10.0. The van der Waals surface area contributed by atoms with E-state index in [1.807, 2.05) is 19.1 Å². The fourth-order valence-corrected chi connectivity index (χ4v) is 4.19. The molecule has 1 amide bonds. The molecule has 9 heteroatoms. The van der Waals surface area contributed by atoms with E-state index >= 15 is 0 Å². The van der Waals surface area contributed by atoms with Crippen molar-refractivity contribution in [3.8, 4) is 0 Å². The molecule has 1 atom stereocenters. The summed E-state index contributed by atoms with van der Waals surface area (Å²) >= 11 is 0. The highest BCUT2D eigenvalue weighted by molar-refractivity contribution is 7.91. The molecule has 0 saturated heterocycles. The first kappa shape index (κ1) is 20.1. The number of sulfonamides is 1. The van der Waals surface area contributed by atoms with Crippen LogP contribution in [-0.2, 0) is 20.5 Å². The van der Waals surface area contributed by atoms with Gasteiger partial charge in [0, 0.05) is 11.3 Å². The van der Waals surface area contributed by atoms with Crippen LogP contribution < -0.4 is 9.62 Å². The molecule has 3 rings (SSSR count). The van der Waals surface area contributed by atoms with E-state index in [1.165, 1.54) is 18.2 Å². The average molecular weight is 410 g/mol. The van der Waals surface area contributed by atoms with E-state index in [2.05, 4.69) is 4.72 Å². The Morgan fingerprint density at radius 1 is 1.18 bits per heavy atom. The van der Waals surface area contributed by atoms with Crippen molar-refractivity contribution >= 4 is 27.5 Å². The van der Waals surface area contributed by atoms with Gasteiger partial charge in [-0.2, -0.15) is 0 Å². The number of hydrogen-bond acceptors (Lipinski definition) is 4. The maximum absolute atomic E-state index is 12.8. The Morgan fingerprint density at radius 3 is 2.50 bits per heavy atom. The van der Waals surface area contributed by atoms with Crippen molar-refractivity contribution in [2.24, 2.45) is 0 Å². The van der Waals surface area contributed by atoms with E-state index < -0.39 is 35.2 Å². The number of cyclic esters (lactones) is 1. The highest BCUT2D eigenvalue weighted by Crippen LogP contribution is 2.36. The van der Waals surface area contributed by atoms with Crippen LogP contribution in [0.3, 0.4) is 0 Å². The molecule has 0 bridgehead atoms. The summed E-state index contributed by atoms with van der Waals surface area (Å²) in [6.45, 7) is 2.72. The summed E-state index contributed by atoms with van der Waals surface area (Å²) in [5.41, 5.74) is 2.68. The second-order valence-corrected chi connectivity index (χ2v) is 8.37. The summed E-state index contributed by atoms with van der Waals surface area (Å²) in [6, 6.07) is 11.5. The molecule has 150 valence electrons. The van der Waals surface area contributed by atoms with Gasteiger partial charge in [-0.25, -0.2) is 22.0 Å². The molecular weight excluding hydrogens is 390 g/mol. The molecule has 0 spiro atoms. The summed E-state index contributed by atoms with van der Waals surface area (Å²) in [5, 5.41) is 0. The number of halogens is 2. The minimum atomic E-state index is -3.68. The third-order valence-corrected chi connectivity index (χ3v) is 5.59. The topological polar surface area (TPSA) is 75.7 Å². The lowest BCUT2D eigenvalue weighted by molar-refractivity contribution is 0.0972. The highest BCUT2D eigenvalue weighted by atomic mass is 32.2. The molecule has 0 aliphatic carbocycles. The number of hydrogen-bond donors (Lipinski definition) is 1. The molecule has 0 radical (unpaired) electrons. The summed E-state index contributed by atoms with van der Waals surface area (Å²) in [5.74, 6) is -0.202. The molecule has 1 N–H and O–H groups in total. The number of aryl methyl sites for hydroxylation is 1. The number of fused-ring (bicyclic) bond motifs is 1. The smallest absolute Gasteiger partial charge is 0.415 e. The minimum Gasteiger partial charge on any atom is -0.441 e. The van der Waals surface area contributed by atoms with Gasteiger partial charge < -0.3 is 4.74 Å². The number of carbonyl (C=O) groups excluding carboxylic acids is 1. The Kier molecular flexibility index (Phi) is 5.55. The first-order chi connectivity index (χ1) is 13.1. The molecule has 1 aliphatic rings. The maximum atomic E-state index is 12.8. The first-order valence-corrected chi connectivity index (χ1v) is 10.3. The number of alkyl halides is 2. The summed E-state index contributed by atoms with van der Waals surface area (Å²) < 4.78 is 58.1. The Balaban J connectivity index is 1.83. The molecular formula is C19H20F2N2O4S. The SMILES string of the molecule is Cc1ccc(CS(=O)(=O)Nc2ccc3c(c2)C(C)OC(=O)N3CC(F)F)cc1. The number of nitrogens with one attached hydrogen (secondary N) is 1. The van der Waals surface area contributed by atoms with E-state index in [4.69, 9.17) is 4.74 Å². The van der Waals surface area contributed by atoms with Crippen LogP contribution in [0.15, 0.2) is 42.5 Å². The first-order valence-electron chi connectivity index (χ1n) is 8.61. The third-order valence-electron chi connectivity index (χ3n) is 4.33. The Morgan fingerprint density at radius 2 is 1.86 bits per heavy atom. The zero-order valence-electron chi connectivity index (χ0n) is 15.4. The van der Waals surface area contributed by atoms with Crippen LogP contribution in [0.5, 0.6) is 0 Å². The lowest BCUT2D eigenvalue weighted by Gasteiger charge is -2.32. The zero-order valence-corrected chi connectivity index (χ0v) is 16.2. The Hall–Kier alpha value is -2.68. The monoisotopic (exact) mass is 410 g/mol. The van der Waals surface area contributed by atoms with Crippen LogP contribution in [0, 0.1) is 6.92 Å². The van der Waals surface area contributed by atoms with Crippen molar-refractivity contribution in [3.05, 3.63) is 59.2 Å². The second kappa shape index (κ2) is 7.75. The van der Waals surface area contributed by atoms with Gasteiger partial charge in [-0.1, -0.05) is 29.8 Å². The predicted molar refractivity (Wildman–Crippen MR) is 102 cm³/mol. The molecule has 28 heavy (non-hydrogen) atoms. The number of nitrogens with zero attached hydrogens (tertiary/aromatic N) is 1. The number of carbonyl (C=O) groups is 1. The van der Waals surface area contributed by atoms with Gasteiger partial charge in [0.15, 0.2) is 0 Å². The van der Waals surface area contributed by atoms with Gasteiger partial charge in [-0.15, -0.1) is 0 Å². The standard InChI is InChI=1S/C19H20F2N2O4S/c1-12-3-5-14(6-4-12)11-28(25,26)22-15-7-8-17-16(9-15)13(2)27-19(24)23(17)10-18(20)21/h3-9,13,18,22H,10-11H2,1-2H3. The van der Waals surface area contributed by atoms with Gasteiger partial charge in [-0.3, -0.25) is 9.62 Å². The van der Waals surface area contributed by atoms with Crippen molar-refractivity contribution in [1.29, 1.82) is 0 Å². The van der Waals surface area contributed by atoms with Crippen LogP contribution >= 0.6 is 0 Å². The van der Waals surface area contributed by atoms with E-state index in [0.29, 0.717) is 11.1 Å². The molecule has 0 aromatic heterocycles. The van der Waals surface area contributed by atoms with E-state index in [9.17, 15) is 22.0 Å². The molecule has 1 unspecified atom stereocenters. The van der Waals surface area contributed by atoms with Crippen LogP contribution in [0.4, 0.5) is 25.0 Å². The average Bonchev–Trinajstić information content (AvgIpc) is 2.60. The summed E-state index contributed by atoms with van der Waals surface area (Å²) in [7, 11) is -3.68. The van der Waals surface area contributed by atoms with E-state index in [1.54, 1.807) is 19.1 Å². The number of benzene rings is 2. The maximum Gasteiger partial charge on any atom is 0.415 e. The molecule has 2 aromatic rings. The van der Waals surface area contributed by atoms with Crippen molar-refractivity contribution in [3.63, 3.8) is 0 Å². The minimum absolute atomic E-state index is 0.202. The zero-order chi connectivity index (χ0) is 20.5. The Labute approximate surface area is 162 Å². The molecule has 1 aliphatic heterocycles. The van der Waals surface area contributed by atoms with Crippen LogP contribution in [0.25, 0.3) is 0 Å². The fraction of sp³-hybridized carbons (Fsp3) is 0.316. The van der Waals surface area contributed by atoms with Gasteiger partial charge in [0.25, 0.3) is 6.43 Å². The number of ether oxygens (including phenoxy) is 1. The summed E-state index contributed by atoms with van der Waals surface area (Å²) in [6.07, 6.45) is -4.26. The largest absolute Gasteiger partial charge is 0.441 e. The number of rotatable bonds is 6. The number of anilines is 2. The van der Waals surface area contributed by atoms with Crippen molar-refractivity contribution in [1.82, 2.24) is 0 Å². The van der Waals surface area contributed by atoms with Crippen LogP contribution in [0.2, 0.25) is 0 Å². The molecule has 0 fully saturated rings. The lowest BCUT2D eigenvalue weighted by Crippen LogP contribution is -2.40. The predicted octanol–water partition coefficient (Wildman–Crippen LogP) is 4.22. The van der Waals surface area contributed by atoms with Gasteiger partial charge in [0.05, 0.1) is 18.0 Å². The van der Waals surface area contributed by atoms with Crippen LogP contribution in [-0.4, -0.2) is 27.5 Å². The third kappa shape index (κ3) is 4.59. The van der Waals surface area contributed by atoms with Crippen molar-refractivity contribution in [2.45, 2.75) is 32.1 Å². The second-order valence-electron chi connectivity index (χ2n) is 6.65. The highest BCUT2D eigenvalue weighted by Gasteiger charge is 2.32. The fourth-order valence-electron chi connectivity index (χ4n) is 3.00. The van der Waals surface area contributed by atoms with Gasteiger partial charge in [0.2, 0.25) is 10.0 Å². The number of amides is 1. The summed E-state index contributed by atoms with van der Waals surface area (Å²) in [4.78, 5) is 12.8. The Bertz CT molecular complexity index is 978. The van der Waals surface area contributed by atoms with Gasteiger partial charge in [0.1, 0.15) is 6.10 Å². The van der Waals surface area contributed by atoms with Crippen LogP contribution in [0.1, 0.15) is 29.7 Å².